The maximum atomic E-state index is 11.7. The van der Waals surface area contributed by atoms with E-state index in [-0.39, 0.29) is 5.91 Å². The smallest absolute Gasteiger partial charge is 0.251 e. The Morgan fingerprint density at radius 1 is 1.17 bits per heavy atom. The first-order chi connectivity index (χ1) is 8.81. The van der Waals surface area contributed by atoms with E-state index in [2.05, 4.69) is 10.3 Å². The van der Waals surface area contributed by atoms with Gasteiger partial charge >= 0.3 is 0 Å². The summed E-state index contributed by atoms with van der Waals surface area (Å²) in [4.78, 5) is 16.0. The van der Waals surface area contributed by atoms with Crippen molar-refractivity contribution >= 4 is 5.91 Å². The molecule has 18 heavy (non-hydrogen) atoms. The van der Waals surface area contributed by atoms with Crippen LogP contribution < -0.4 is 5.32 Å². The van der Waals surface area contributed by atoms with Gasteiger partial charge in [0.1, 0.15) is 0 Å². The second-order valence-corrected chi connectivity index (χ2v) is 4.05. The largest absolute Gasteiger partial charge is 0.352 e. The van der Waals surface area contributed by atoms with E-state index in [0.29, 0.717) is 12.1 Å². The fraction of sp³-hybridized carbons (Fsp3) is 0.200. The zero-order valence-electron chi connectivity index (χ0n) is 10.4. The van der Waals surface area contributed by atoms with Crippen LogP contribution in [0.3, 0.4) is 0 Å². The number of pyridine rings is 1. The van der Waals surface area contributed by atoms with Gasteiger partial charge in [-0.25, -0.2) is 0 Å². The highest BCUT2D eigenvalue weighted by Crippen LogP contribution is 2.16. The summed E-state index contributed by atoms with van der Waals surface area (Å²) in [5.41, 5.74) is 2.61. The number of benzene rings is 1. The molecule has 0 aliphatic rings. The molecule has 0 spiro atoms. The lowest BCUT2D eigenvalue weighted by molar-refractivity contribution is 0.0953. The maximum absolute atomic E-state index is 11.7. The maximum Gasteiger partial charge on any atom is 0.251 e. The molecular formula is C15H16N2O. The van der Waals surface area contributed by atoms with Crippen LogP contribution in [0, 0.1) is 0 Å². The van der Waals surface area contributed by atoms with Crippen molar-refractivity contribution in [2.45, 2.75) is 13.3 Å². The van der Waals surface area contributed by atoms with E-state index in [0.717, 1.165) is 17.7 Å². The summed E-state index contributed by atoms with van der Waals surface area (Å²) in [6, 6.07) is 13.3. The highest BCUT2D eigenvalue weighted by Gasteiger charge is 2.04. The summed E-state index contributed by atoms with van der Waals surface area (Å²) in [5, 5.41) is 2.85. The van der Waals surface area contributed by atoms with Crippen molar-refractivity contribution in [1.82, 2.24) is 10.3 Å². The Morgan fingerprint density at radius 3 is 2.56 bits per heavy atom. The lowest BCUT2D eigenvalue weighted by Gasteiger charge is -2.05. The van der Waals surface area contributed by atoms with E-state index < -0.39 is 0 Å². The standard InChI is InChI=1S/C15H16N2O/c1-2-10-17-15(18)13-8-6-12(7-9-13)14-5-3-4-11-16-14/h3-9,11H,2,10H2,1H3,(H,17,18). The SMILES string of the molecule is CCCNC(=O)c1ccc(-c2ccccn2)cc1. The molecule has 0 aliphatic heterocycles. The number of nitrogens with one attached hydrogen (secondary N) is 1. The van der Waals surface area contributed by atoms with Crippen molar-refractivity contribution in [3.63, 3.8) is 0 Å². The summed E-state index contributed by atoms with van der Waals surface area (Å²) in [6.45, 7) is 2.74. The molecule has 0 radical (unpaired) electrons. The zero-order valence-corrected chi connectivity index (χ0v) is 10.4. The van der Waals surface area contributed by atoms with Gasteiger partial charge in [-0.1, -0.05) is 25.1 Å². The average Bonchev–Trinajstić information content (AvgIpc) is 2.46. The Hall–Kier alpha value is -2.16. The number of hydrogen-bond donors (Lipinski definition) is 1. The van der Waals surface area contributed by atoms with Crippen molar-refractivity contribution in [2.75, 3.05) is 6.54 Å². The Bertz CT molecular complexity index is 506. The Morgan fingerprint density at radius 2 is 1.94 bits per heavy atom. The van der Waals surface area contributed by atoms with Crippen LogP contribution in [0.15, 0.2) is 48.7 Å². The summed E-state index contributed by atoms with van der Waals surface area (Å²) < 4.78 is 0. The van der Waals surface area contributed by atoms with Gasteiger partial charge in [0.2, 0.25) is 0 Å². The van der Waals surface area contributed by atoms with Gasteiger partial charge in [-0.2, -0.15) is 0 Å². The third-order valence-corrected chi connectivity index (χ3v) is 2.64. The Kier molecular flexibility index (Phi) is 4.07. The van der Waals surface area contributed by atoms with Crippen molar-refractivity contribution < 1.29 is 4.79 Å². The molecule has 1 amide bonds. The molecule has 2 rings (SSSR count). The quantitative estimate of drug-likeness (QED) is 0.892. The summed E-state index contributed by atoms with van der Waals surface area (Å²) in [6.07, 6.45) is 2.70. The van der Waals surface area contributed by atoms with Crippen LogP contribution in [0.2, 0.25) is 0 Å². The van der Waals surface area contributed by atoms with Crippen molar-refractivity contribution in [3.8, 4) is 11.3 Å². The van der Waals surface area contributed by atoms with Gasteiger partial charge in [0.25, 0.3) is 5.91 Å². The third-order valence-electron chi connectivity index (χ3n) is 2.64. The van der Waals surface area contributed by atoms with Gasteiger partial charge in [0, 0.05) is 23.9 Å². The van der Waals surface area contributed by atoms with E-state index in [1.165, 1.54) is 0 Å². The first-order valence-corrected chi connectivity index (χ1v) is 6.11. The normalized spacial score (nSPS) is 10.1. The Labute approximate surface area is 107 Å². The molecule has 0 fully saturated rings. The number of amides is 1. The van der Waals surface area contributed by atoms with E-state index in [1.54, 1.807) is 6.20 Å². The van der Waals surface area contributed by atoms with Crippen molar-refractivity contribution in [1.29, 1.82) is 0 Å². The van der Waals surface area contributed by atoms with Crippen molar-refractivity contribution in [3.05, 3.63) is 54.2 Å². The number of hydrogen-bond acceptors (Lipinski definition) is 2. The van der Waals surface area contributed by atoms with Crippen LogP contribution in [0.4, 0.5) is 0 Å². The summed E-state index contributed by atoms with van der Waals surface area (Å²) in [7, 11) is 0. The second-order valence-electron chi connectivity index (χ2n) is 4.05. The Balaban J connectivity index is 2.13. The van der Waals surface area contributed by atoms with E-state index in [9.17, 15) is 4.79 Å². The minimum absolute atomic E-state index is 0.0237. The number of nitrogens with zero attached hydrogens (tertiary/aromatic N) is 1. The lowest BCUT2D eigenvalue weighted by atomic mass is 10.1. The van der Waals surface area contributed by atoms with Gasteiger partial charge < -0.3 is 5.32 Å². The van der Waals surface area contributed by atoms with Gasteiger partial charge in [-0.05, 0) is 30.7 Å². The molecular weight excluding hydrogens is 224 g/mol. The van der Waals surface area contributed by atoms with Gasteiger partial charge in [-0.15, -0.1) is 0 Å². The molecule has 0 aliphatic carbocycles. The van der Waals surface area contributed by atoms with Crippen LogP contribution >= 0.6 is 0 Å². The molecule has 0 unspecified atom stereocenters. The molecule has 3 nitrogen and oxygen atoms in total. The van der Waals surface area contributed by atoms with Gasteiger partial charge in [-0.3, -0.25) is 9.78 Å². The van der Waals surface area contributed by atoms with Gasteiger partial charge in [0.05, 0.1) is 5.69 Å². The number of aromatic nitrogens is 1. The number of carbonyl (C=O) groups is 1. The predicted molar refractivity (Wildman–Crippen MR) is 72.3 cm³/mol. The molecule has 92 valence electrons. The number of rotatable bonds is 4. The minimum atomic E-state index is -0.0237. The first-order valence-electron chi connectivity index (χ1n) is 6.11. The summed E-state index contributed by atoms with van der Waals surface area (Å²) in [5.74, 6) is -0.0237. The zero-order chi connectivity index (χ0) is 12.8. The second kappa shape index (κ2) is 5.96. The number of carbonyl (C=O) groups excluding carboxylic acids is 1. The summed E-state index contributed by atoms with van der Waals surface area (Å²) >= 11 is 0. The molecule has 0 saturated heterocycles. The highest BCUT2D eigenvalue weighted by atomic mass is 16.1. The van der Waals surface area contributed by atoms with Crippen LogP contribution in [0.1, 0.15) is 23.7 Å². The van der Waals surface area contributed by atoms with Crippen LogP contribution in [0.25, 0.3) is 11.3 Å². The fourth-order valence-corrected chi connectivity index (χ4v) is 1.67. The van der Waals surface area contributed by atoms with Crippen LogP contribution in [0.5, 0.6) is 0 Å². The first kappa shape index (κ1) is 12.3. The molecule has 3 heteroatoms. The van der Waals surface area contributed by atoms with E-state index in [4.69, 9.17) is 0 Å². The van der Waals surface area contributed by atoms with Crippen molar-refractivity contribution in [2.24, 2.45) is 0 Å². The fourth-order valence-electron chi connectivity index (χ4n) is 1.67. The van der Waals surface area contributed by atoms with E-state index >= 15 is 0 Å². The molecule has 0 bridgehead atoms. The van der Waals surface area contributed by atoms with E-state index in [1.807, 2.05) is 49.4 Å². The molecule has 1 aromatic heterocycles. The molecule has 2 aromatic rings. The average molecular weight is 240 g/mol. The topological polar surface area (TPSA) is 42.0 Å². The molecule has 1 N–H and O–H groups in total. The molecule has 1 aromatic carbocycles. The minimum Gasteiger partial charge on any atom is -0.352 e. The van der Waals surface area contributed by atoms with Crippen LogP contribution in [-0.2, 0) is 0 Å². The lowest BCUT2D eigenvalue weighted by Crippen LogP contribution is -2.23. The molecule has 0 saturated carbocycles. The molecule has 1 heterocycles. The monoisotopic (exact) mass is 240 g/mol. The highest BCUT2D eigenvalue weighted by molar-refractivity contribution is 5.94. The molecule has 0 atom stereocenters. The van der Waals surface area contributed by atoms with Gasteiger partial charge in [0.15, 0.2) is 0 Å². The third kappa shape index (κ3) is 2.94. The van der Waals surface area contributed by atoms with Crippen LogP contribution in [-0.4, -0.2) is 17.4 Å². The predicted octanol–water partition coefficient (Wildman–Crippen LogP) is 2.89.